The molecule has 2 aliphatic rings. The van der Waals surface area contributed by atoms with Crippen molar-refractivity contribution >= 4 is 17.5 Å². The van der Waals surface area contributed by atoms with Crippen LogP contribution in [0.5, 0.6) is 0 Å². The fourth-order valence-electron chi connectivity index (χ4n) is 3.55. The number of ketones is 2. The molecule has 0 aromatic heterocycles. The highest BCUT2D eigenvalue weighted by Crippen LogP contribution is 2.45. The van der Waals surface area contributed by atoms with Crippen LogP contribution in [-0.2, 0) is 24.5 Å². The van der Waals surface area contributed by atoms with Crippen LogP contribution in [0.1, 0.15) is 35.7 Å². The van der Waals surface area contributed by atoms with Crippen LogP contribution >= 0.6 is 0 Å². The van der Waals surface area contributed by atoms with E-state index in [4.69, 9.17) is 9.47 Å². The molecule has 1 atom stereocenters. The van der Waals surface area contributed by atoms with Gasteiger partial charge >= 0.3 is 5.97 Å². The summed E-state index contributed by atoms with van der Waals surface area (Å²) in [6, 6.07) is 4.12. The van der Waals surface area contributed by atoms with Crippen LogP contribution in [0, 0.1) is 11.7 Å². The Morgan fingerprint density at radius 2 is 2.04 bits per heavy atom. The summed E-state index contributed by atoms with van der Waals surface area (Å²) in [5.41, 5.74) is -0.979. The topological polar surface area (TPSA) is 69.7 Å². The second-order valence-electron chi connectivity index (χ2n) is 5.77. The zero-order valence-corrected chi connectivity index (χ0v) is 12.8. The molecule has 1 aliphatic heterocycles. The maximum atomic E-state index is 14.5. The minimum atomic E-state index is -1.51. The zero-order chi connectivity index (χ0) is 16.6. The molecular weight excluding hydrogens is 303 g/mol. The number of Topliss-reactive ketones (excluding diaryl/α,β-unsaturated/α-hetero) is 2. The van der Waals surface area contributed by atoms with Gasteiger partial charge in [0.05, 0.1) is 12.0 Å². The van der Waals surface area contributed by atoms with Gasteiger partial charge in [0.2, 0.25) is 0 Å². The number of carbonyl (C=O) groups is 3. The van der Waals surface area contributed by atoms with E-state index in [1.807, 2.05) is 0 Å². The maximum absolute atomic E-state index is 14.5. The summed E-state index contributed by atoms with van der Waals surface area (Å²) >= 11 is 0. The molecule has 1 aliphatic carbocycles. The van der Waals surface area contributed by atoms with Gasteiger partial charge in [0.25, 0.3) is 0 Å². The first kappa shape index (κ1) is 15.8. The monoisotopic (exact) mass is 320 g/mol. The summed E-state index contributed by atoms with van der Waals surface area (Å²) in [6.45, 7) is 2.24. The van der Waals surface area contributed by atoms with Gasteiger partial charge in [0.15, 0.2) is 17.5 Å². The Bertz CT molecular complexity index is 676. The van der Waals surface area contributed by atoms with Crippen molar-refractivity contribution in [2.75, 3.05) is 19.8 Å². The third-order valence-corrected chi connectivity index (χ3v) is 4.62. The second kappa shape index (κ2) is 5.85. The fraction of sp³-hybridized carbons (Fsp3) is 0.471. The number of hydrogen-bond acceptors (Lipinski definition) is 5. The Hall–Kier alpha value is -2.08. The molecule has 5 nitrogen and oxygen atoms in total. The van der Waals surface area contributed by atoms with Gasteiger partial charge in [-0.1, -0.05) is 12.1 Å². The van der Waals surface area contributed by atoms with E-state index in [2.05, 4.69) is 0 Å². The van der Waals surface area contributed by atoms with Gasteiger partial charge in [0, 0.05) is 24.3 Å². The van der Waals surface area contributed by atoms with Crippen LogP contribution in [0.15, 0.2) is 18.2 Å². The number of halogens is 1. The van der Waals surface area contributed by atoms with Gasteiger partial charge in [-0.2, -0.15) is 0 Å². The van der Waals surface area contributed by atoms with Gasteiger partial charge in [0.1, 0.15) is 5.82 Å². The first-order valence-electron chi connectivity index (χ1n) is 7.65. The summed E-state index contributed by atoms with van der Waals surface area (Å²) in [6.07, 6.45) is 0.506. The lowest BCUT2D eigenvalue weighted by Crippen LogP contribution is -2.54. The molecule has 1 fully saturated rings. The minimum absolute atomic E-state index is 0.0714. The lowest BCUT2D eigenvalue weighted by molar-refractivity contribution is -0.152. The smallest absolute Gasteiger partial charge is 0.324 e. The van der Waals surface area contributed by atoms with Crippen molar-refractivity contribution < 1.29 is 28.2 Å². The highest BCUT2D eigenvalue weighted by atomic mass is 19.1. The van der Waals surface area contributed by atoms with Crippen molar-refractivity contribution in [1.82, 2.24) is 0 Å². The number of benzene rings is 1. The van der Waals surface area contributed by atoms with Gasteiger partial charge in [-0.3, -0.25) is 14.4 Å². The summed E-state index contributed by atoms with van der Waals surface area (Å²) in [7, 11) is 0. The largest absolute Gasteiger partial charge is 0.465 e. The van der Waals surface area contributed by atoms with Crippen molar-refractivity contribution in [3.63, 3.8) is 0 Å². The highest BCUT2D eigenvalue weighted by molar-refractivity contribution is 6.28. The van der Waals surface area contributed by atoms with E-state index in [1.165, 1.54) is 18.2 Å². The Morgan fingerprint density at radius 3 is 2.70 bits per heavy atom. The fourth-order valence-corrected chi connectivity index (χ4v) is 3.55. The van der Waals surface area contributed by atoms with Crippen LogP contribution in [0.3, 0.4) is 0 Å². The van der Waals surface area contributed by atoms with E-state index in [-0.39, 0.29) is 43.8 Å². The number of fused-ring (bicyclic) bond motifs is 2. The Labute approximate surface area is 132 Å². The first-order chi connectivity index (χ1) is 11.0. The number of rotatable bonds is 2. The maximum Gasteiger partial charge on any atom is 0.324 e. The van der Waals surface area contributed by atoms with Crippen molar-refractivity contribution in [2.45, 2.75) is 25.2 Å². The third-order valence-electron chi connectivity index (χ3n) is 4.62. The molecule has 23 heavy (non-hydrogen) atoms. The van der Waals surface area contributed by atoms with Crippen LogP contribution < -0.4 is 0 Å². The molecule has 1 spiro atoms. The Balaban J connectivity index is 2.19. The van der Waals surface area contributed by atoms with E-state index >= 15 is 0 Å². The average molecular weight is 320 g/mol. The van der Waals surface area contributed by atoms with E-state index in [0.717, 1.165) is 0 Å². The van der Waals surface area contributed by atoms with E-state index in [9.17, 15) is 18.8 Å². The molecule has 1 aromatic carbocycles. The number of esters is 1. The van der Waals surface area contributed by atoms with E-state index in [1.54, 1.807) is 6.92 Å². The van der Waals surface area contributed by atoms with Crippen molar-refractivity contribution in [3.8, 4) is 0 Å². The molecule has 0 saturated carbocycles. The number of carbonyl (C=O) groups excluding carboxylic acids is 3. The van der Waals surface area contributed by atoms with Gasteiger partial charge in [-0.15, -0.1) is 0 Å². The quantitative estimate of drug-likeness (QED) is 0.614. The molecule has 6 heteroatoms. The minimum Gasteiger partial charge on any atom is -0.465 e. The van der Waals surface area contributed by atoms with Crippen LogP contribution in [-0.4, -0.2) is 37.4 Å². The summed E-state index contributed by atoms with van der Waals surface area (Å²) in [5, 5.41) is 0. The molecule has 0 N–H and O–H groups in total. The number of hydrogen-bond donors (Lipinski definition) is 0. The average Bonchev–Trinajstić information content (AvgIpc) is 2.54. The molecule has 1 heterocycles. The van der Waals surface area contributed by atoms with E-state index < -0.39 is 34.7 Å². The molecular formula is C17H17FO5. The second-order valence-corrected chi connectivity index (χ2v) is 5.77. The molecule has 1 saturated heterocycles. The molecule has 1 unspecified atom stereocenters. The van der Waals surface area contributed by atoms with Gasteiger partial charge in [-0.05, 0) is 25.8 Å². The normalized spacial score (nSPS) is 22.8. The van der Waals surface area contributed by atoms with Gasteiger partial charge in [-0.25, -0.2) is 4.39 Å². The van der Waals surface area contributed by atoms with Crippen molar-refractivity contribution in [3.05, 3.63) is 35.1 Å². The molecule has 3 rings (SSSR count). The lowest BCUT2D eigenvalue weighted by atomic mass is 9.61. The Kier molecular flexibility index (Phi) is 4.02. The third kappa shape index (κ3) is 2.28. The Morgan fingerprint density at radius 1 is 1.35 bits per heavy atom. The predicted octanol–water partition coefficient (Wildman–Crippen LogP) is 1.82. The lowest BCUT2D eigenvalue weighted by Gasteiger charge is -2.42. The molecule has 0 amide bonds. The summed E-state index contributed by atoms with van der Waals surface area (Å²) < 4.78 is 24.7. The SMILES string of the molecule is CCOC(=O)C1C(=O)c2cccc(F)c2C2(CCOCC2)C1=O. The molecule has 122 valence electrons. The van der Waals surface area contributed by atoms with Crippen LogP contribution in [0.4, 0.5) is 4.39 Å². The zero-order valence-electron chi connectivity index (χ0n) is 12.8. The molecule has 1 aromatic rings. The molecule has 0 bridgehead atoms. The summed E-state index contributed by atoms with van der Waals surface area (Å²) in [4.78, 5) is 37.8. The van der Waals surface area contributed by atoms with Crippen molar-refractivity contribution in [2.24, 2.45) is 5.92 Å². The highest BCUT2D eigenvalue weighted by Gasteiger charge is 2.56. The van der Waals surface area contributed by atoms with Gasteiger partial charge < -0.3 is 9.47 Å². The van der Waals surface area contributed by atoms with Crippen LogP contribution in [0.2, 0.25) is 0 Å². The van der Waals surface area contributed by atoms with Crippen molar-refractivity contribution in [1.29, 1.82) is 0 Å². The molecule has 0 radical (unpaired) electrons. The standard InChI is InChI=1S/C17H17FO5/c1-2-23-16(21)12-14(19)10-4-3-5-11(18)13(10)17(15(12)20)6-8-22-9-7-17/h3-5,12H,2,6-9H2,1H3. The first-order valence-corrected chi connectivity index (χ1v) is 7.65. The summed E-state index contributed by atoms with van der Waals surface area (Å²) in [5.74, 6) is -4.21. The number of ether oxygens (including phenoxy) is 2. The predicted molar refractivity (Wildman–Crippen MR) is 77.6 cm³/mol. The van der Waals surface area contributed by atoms with E-state index in [0.29, 0.717) is 0 Å². The van der Waals surface area contributed by atoms with Crippen LogP contribution in [0.25, 0.3) is 0 Å².